The Morgan fingerprint density at radius 2 is 2.10 bits per heavy atom. The molecule has 0 saturated carbocycles. The first kappa shape index (κ1) is 15.6. The van der Waals surface area contributed by atoms with Gasteiger partial charge < -0.3 is 20.1 Å². The fourth-order valence-corrected chi connectivity index (χ4v) is 1.63. The molecule has 6 heteroatoms. The number of carboxylic acid groups (broad SMARTS) is 1. The van der Waals surface area contributed by atoms with Crippen LogP contribution in [-0.4, -0.2) is 42.7 Å². The predicted octanol–water partition coefficient (Wildman–Crippen LogP) is 2.43. The van der Waals surface area contributed by atoms with Gasteiger partial charge in [0, 0.05) is 19.7 Å². The Bertz CT molecular complexity index is 540. The van der Waals surface area contributed by atoms with Gasteiger partial charge in [-0.1, -0.05) is 12.2 Å². The van der Waals surface area contributed by atoms with Gasteiger partial charge in [-0.3, -0.25) is 0 Å². The predicted molar refractivity (Wildman–Crippen MR) is 76.4 cm³/mol. The summed E-state index contributed by atoms with van der Waals surface area (Å²) < 4.78 is 5.02. The van der Waals surface area contributed by atoms with Crippen LogP contribution in [0.2, 0.25) is 0 Å². The molecule has 1 aromatic carbocycles. The first-order valence-electron chi connectivity index (χ1n) is 5.93. The van der Waals surface area contributed by atoms with E-state index in [1.54, 1.807) is 14.0 Å². The highest BCUT2D eigenvalue weighted by molar-refractivity contribution is 6.00. The van der Waals surface area contributed by atoms with Crippen LogP contribution >= 0.6 is 0 Å². The molecule has 2 amide bonds. The molecule has 0 radical (unpaired) electrons. The maximum absolute atomic E-state index is 12.0. The molecule has 0 fully saturated rings. The first-order chi connectivity index (χ1) is 9.35. The number of benzene rings is 1. The van der Waals surface area contributed by atoms with Crippen LogP contribution in [0.4, 0.5) is 10.5 Å². The number of carbonyl (C=O) groups excluding carboxylic acids is 1. The summed E-state index contributed by atoms with van der Waals surface area (Å²) in [6.45, 7) is 5.91. The molecule has 0 aromatic heterocycles. The van der Waals surface area contributed by atoms with Crippen molar-refractivity contribution in [2.24, 2.45) is 0 Å². The van der Waals surface area contributed by atoms with E-state index in [-0.39, 0.29) is 11.3 Å². The van der Waals surface area contributed by atoms with Crippen LogP contribution in [0.25, 0.3) is 0 Å². The standard InChI is InChI=1S/C14H18N2O4/c1-9(2)8-16(3)14(19)15-12-7-10(20-4)5-6-11(12)13(17)18/h5-7H,1,8H2,2-4H3,(H,15,19)(H,17,18). The summed E-state index contributed by atoms with van der Waals surface area (Å²) in [5.74, 6) is -0.654. The zero-order valence-corrected chi connectivity index (χ0v) is 11.8. The lowest BCUT2D eigenvalue weighted by Gasteiger charge is -2.19. The lowest BCUT2D eigenvalue weighted by atomic mass is 10.1. The van der Waals surface area contributed by atoms with E-state index >= 15 is 0 Å². The molecule has 0 aliphatic heterocycles. The molecule has 0 spiro atoms. The van der Waals surface area contributed by atoms with Gasteiger partial charge in [-0.15, -0.1) is 0 Å². The average Bonchev–Trinajstić information content (AvgIpc) is 2.37. The van der Waals surface area contributed by atoms with Gasteiger partial charge in [0.15, 0.2) is 0 Å². The quantitative estimate of drug-likeness (QED) is 0.811. The van der Waals surface area contributed by atoms with Crippen LogP contribution in [0.5, 0.6) is 5.75 Å². The summed E-state index contributed by atoms with van der Waals surface area (Å²) in [6.07, 6.45) is 0. The van der Waals surface area contributed by atoms with Crippen LogP contribution in [0.3, 0.4) is 0 Å². The summed E-state index contributed by atoms with van der Waals surface area (Å²) in [7, 11) is 3.07. The summed E-state index contributed by atoms with van der Waals surface area (Å²) in [4.78, 5) is 24.5. The van der Waals surface area contributed by atoms with Crippen LogP contribution in [0.15, 0.2) is 30.4 Å². The highest BCUT2D eigenvalue weighted by Gasteiger charge is 2.15. The summed E-state index contributed by atoms with van der Waals surface area (Å²) in [6, 6.07) is 3.96. The molecule has 0 aliphatic rings. The molecular formula is C14H18N2O4. The number of urea groups is 1. The molecule has 20 heavy (non-hydrogen) atoms. The number of rotatable bonds is 5. The molecule has 2 N–H and O–H groups in total. The second-order valence-corrected chi connectivity index (χ2v) is 4.46. The lowest BCUT2D eigenvalue weighted by molar-refractivity contribution is 0.0698. The van der Waals surface area contributed by atoms with Gasteiger partial charge in [-0.2, -0.15) is 0 Å². The van der Waals surface area contributed by atoms with Crippen LogP contribution < -0.4 is 10.1 Å². The number of nitrogens with zero attached hydrogens (tertiary/aromatic N) is 1. The minimum absolute atomic E-state index is 0.00266. The van der Waals surface area contributed by atoms with Gasteiger partial charge in [0.1, 0.15) is 5.75 Å². The van der Waals surface area contributed by atoms with Gasteiger partial charge in [0.25, 0.3) is 0 Å². The topological polar surface area (TPSA) is 78.9 Å². The number of likely N-dealkylation sites (N-methyl/N-ethyl adjacent to an activating group) is 1. The number of nitrogens with one attached hydrogen (secondary N) is 1. The maximum atomic E-state index is 12.0. The Labute approximate surface area is 117 Å². The SMILES string of the molecule is C=C(C)CN(C)C(=O)Nc1cc(OC)ccc1C(=O)O. The van der Waals surface area contributed by atoms with Crippen molar-refractivity contribution in [3.63, 3.8) is 0 Å². The summed E-state index contributed by atoms with van der Waals surface area (Å²) >= 11 is 0. The summed E-state index contributed by atoms with van der Waals surface area (Å²) in [5, 5.41) is 11.7. The molecule has 0 bridgehead atoms. The van der Waals surface area contributed by atoms with Crippen molar-refractivity contribution >= 4 is 17.7 Å². The van der Waals surface area contributed by atoms with Crippen molar-refractivity contribution in [1.29, 1.82) is 0 Å². The number of carbonyl (C=O) groups is 2. The number of aromatic carboxylic acids is 1. The smallest absolute Gasteiger partial charge is 0.337 e. The largest absolute Gasteiger partial charge is 0.497 e. The van der Waals surface area contributed by atoms with E-state index < -0.39 is 12.0 Å². The molecule has 0 unspecified atom stereocenters. The molecule has 0 aliphatic carbocycles. The molecule has 108 valence electrons. The zero-order valence-electron chi connectivity index (χ0n) is 11.8. The van der Waals surface area contributed by atoms with Crippen molar-refractivity contribution < 1.29 is 19.4 Å². The highest BCUT2D eigenvalue weighted by atomic mass is 16.5. The lowest BCUT2D eigenvalue weighted by Crippen LogP contribution is -2.32. The second kappa shape index (κ2) is 6.60. The third kappa shape index (κ3) is 4.01. The van der Waals surface area contributed by atoms with E-state index in [0.29, 0.717) is 12.3 Å². The monoisotopic (exact) mass is 278 g/mol. The number of hydrogen-bond donors (Lipinski definition) is 2. The second-order valence-electron chi connectivity index (χ2n) is 4.46. The zero-order chi connectivity index (χ0) is 15.3. The Balaban J connectivity index is 2.97. The molecule has 1 rings (SSSR count). The molecule has 1 aromatic rings. The fraction of sp³-hybridized carbons (Fsp3) is 0.286. The highest BCUT2D eigenvalue weighted by Crippen LogP contribution is 2.23. The van der Waals surface area contributed by atoms with E-state index in [1.165, 1.54) is 30.2 Å². The van der Waals surface area contributed by atoms with Crippen LogP contribution in [-0.2, 0) is 0 Å². The Morgan fingerprint density at radius 3 is 2.60 bits per heavy atom. The normalized spacial score (nSPS) is 9.75. The molecule has 0 heterocycles. The van der Waals surface area contributed by atoms with Gasteiger partial charge >= 0.3 is 12.0 Å². The number of anilines is 1. The van der Waals surface area contributed by atoms with Crippen LogP contribution in [0.1, 0.15) is 17.3 Å². The molecular weight excluding hydrogens is 260 g/mol. The fourth-order valence-electron chi connectivity index (χ4n) is 1.63. The summed E-state index contributed by atoms with van der Waals surface area (Å²) in [5.41, 5.74) is 1.02. The number of hydrogen-bond acceptors (Lipinski definition) is 3. The third-order valence-corrected chi connectivity index (χ3v) is 2.55. The van der Waals surface area contributed by atoms with E-state index in [0.717, 1.165) is 5.57 Å². The molecule has 6 nitrogen and oxygen atoms in total. The van der Waals surface area contributed by atoms with E-state index in [2.05, 4.69) is 11.9 Å². The number of methoxy groups -OCH3 is 1. The Hall–Kier alpha value is -2.50. The molecule has 0 saturated heterocycles. The number of ether oxygens (including phenoxy) is 1. The van der Waals surface area contributed by atoms with Gasteiger partial charge in [-0.05, 0) is 19.1 Å². The van der Waals surface area contributed by atoms with E-state index in [4.69, 9.17) is 9.84 Å². The van der Waals surface area contributed by atoms with Gasteiger partial charge in [0.2, 0.25) is 0 Å². The van der Waals surface area contributed by atoms with Crippen molar-refractivity contribution in [1.82, 2.24) is 4.90 Å². The van der Waals surface area contributed by atoms with Crippen LogP contribution in [0, 0.1) is 0 Å². The van der Waals surface area contributed by atoms with Crippen molar-refractivity contribution in [2.45, 2.75) is 6.92 Å². The third-order valence-electron chi connectivity index (χ3n) is 2.55. The number of carboxylic acids is 1. The first-order valence-corrected chi connectivity index (χ1v) is 5.93. The minimum Gasteiger partial charge on any atom is -0.497 e. The van der Waals surface area contributed by atoms with E-state index in [1.807, 2.05) is 0 Å². The van der Waals surface area contributed by atoms with Gasteiger partial charge in [-0.25, -0.2) is 9.59 Å². The van der Waals surface area contributed by atoms with Gasteiger partial charge in [0.05, 0.1) is 18.4 Å². The van der Waals surface area contributed by atoms with Crippen molar-refractivity contribution in [3.8, 4) is 5.75 Å². The van der Waals surface area contributed by atoms with Crippen molar-refractivity contribution in [2.75, 3.05) is 26.0 Å². The minimum atomic E-state index is -1.12. The molecule has 0 atom stereocenters. The average molecular weight is 278 g/mol. The maximum Gasteiger partial charge on any atom is 0.337 e. The van der Waals surface area contributed by atoms with Crippen molar-refractivity contribution in [3.05, 3.63) is 35.9 Å². The van der Waals surface area contributed by atoms with E-state index in [9.17, 15) is 9.59 Å². The Kier molecular flexibility index (Phi) is 5.14. The number of amides is 2. The Morgan fingerprint density at radius 1 is 1.45 bits per heavy atom.